The number of nitrogens with zero attached hydrogens (tertiary/aromatic N) is 1. The Kier molecular flexibility index (Phi) is 9.87. The maximum absolute atomic E-state index is 9.65. The number of aromatic hydroxyl groups is 1. The monoisotopic (exact) mass is 469 g/mol. The average molecular weight is 469 g/mol. The fourth-order valence-electron chi connectivity index (χ4n) is 2.50. The summed E-state index contributed by atoms with van der Waals surface area (Å²) in [5.74, 6) is 1.46. The van der Waals surface area contributed by atoms with Gasteiger partial charge in [0, 0.05) is 13.1 Å². The first-order chi connectivity index (χ1) is 12.1. The average Bonchev–Trinajstić information content (AvgIpc) is 2.62. The Morgan fingerprint density at radius 1 is 1.15 bits per heavy atom. The molecule has 0 atom stereocenters. The molecular weight excluding hydrogens is 441 g/mol. The van der Waals surface area contributed by atoms with Crippen molar-refractivity contribution in [3.63, 3.8) is 0 Å². The van der Waals surface area contributed by atoms with E-state index in [2.05, 4.69) is 41.6 Å². The summed E-state index contributed by atoms with van der Waals surface area (Å²) in [5.41, 5.74) is 3.57. The molecule has 2 rings (SSSR count). The molecule has 0 spiro atoms. The minimum Gasteiger partial charge on any atom is -0.504 e. The van der Waals surface area contributed by atoms with Gasteiger partial charge in [0.05, 0.1) is 13.7 Å². The summed E-state index contributed by atoms with van der Waals surface area (Å²) < 4.78 is 5.14. The molecule has 6 heteroatoms. The Labute approximate surface area is 172 Å². The van der Waals surface area contributed by atoms with Gasteiger partial charge in [-0.25, -0.2) is 4.99 Å². The Morgan fingerprint density at radius 3 is 2.62 bits per heavy atom. The van der Waals surface area contributed by atoms with Gasteiger partial charge in [-0.3, -0.25) is 0 Å². The van der Waals surface area contributed by atoms with E-state index in [-0.39, 0.29) is 29.7 Å². The number of nitrogens with one attached hydrogen (secondary N) is 2. The van der Waals surface area contributed by atoms with E-state index in [0.717, 1.165) is 31.0 Å². The molecule has 0 aliphatic carbocycles. The molecule has 5 nitrogen and oxygen atoms in total. The van der Waals surface area contributed by atoms with Crippen molar-refractivity contribution in [1.29, 1.82) is 0 Å². The van der Waals surface area contributed by atoms with Crippen LogP contribution in [0.1, 0.15) is 23.6 Å². The van der Waals surface area contributed by atoms with Crippen LogP contribution in [0.25, 0.3) is 0 Å². The third-order valence-corrected chi connectivity index (χ3v) is 3.96. The van der Waals surface area contributed by atoms with E-state index in [9.17, 15) is 5.11 Å². The number of guanidine groups is 1. The SMILES string of the molecule is CCNC(=NCc1ccccc1C)NCCc1ccc(O)c(OC)c1.I. The van der Waals surface area contributed by atoms with E-state index in [0.29, 0.717) is 12.3 Å². The quantitative estimate of drug-likeness (QED) is 0.329. The van der Waals surface area contributed by atoms with Crippen LogP contribution >= 0.6 is 24.0 Å². The smallest absolute Gasteiger partial charge is 0.191 e. The molecule has 0 fully saturated rings. The van der Waals surface area contributed by atoms with Gasteiger partial charge in [0.2, 0.25) is 0 Å². The lowest BCUT2D eigenvalue weighted by Gasteiger charge is -2.12. The number of halogens is 1. The van der Waals surface area contributed by atoms with Gasteiger partial charge in [0.25, 0.3) is 0 Å². The van der Waals surface area contributed by atoms with Crippen LogP contribution in [-0.4, -0.2) is 31.3 Å². The first-order valence-electron chi connectivity index (χ1n) is 8.56. The zero-order chi connectivity index (χ0) is 18.1. The molecular formula is C20H28IN3O2. The summed E-state index contributed by atoms with van der Waals surface area (Å²) >= 11 is 0. The van der Waals surface area contributed by atoms with E-state index >= 15 is 0 Å². The van der Waals surface area contributed by atoms with E-state index < -0.39 is 0 Å². The summed E-state index contributed by atoms with van der Waals surface area (Å²) in [6.07, 6.45) is 0.811. The number of rotatable bonds is 7. The number of hydrogen-bond donors (Lipinski definition) is 3. The van der Waals surface area contributed by atoms with E-state index in [1.165, 1.54) is 11.1 Å². The topological polar surface area (TPSA) is 65.9 Å². The van der Waals surface area contributed by atoms with Crippen molar-refractivity contribution in [3.8, 4) is 11.5 Å². The normalized spacial score (nSPS) is 10.8. The van der Waals surface area contributed by atoms with Crippen molar-refractivity contribution in [2.75, 3.05) is 20.2 Å². The van der Waals surface area contributed by atoms with Crippen molar-refractivity contribution in [2.24, 2.45) is 4.99 Å². The van der Waals surface area contributed by atoms with Crippen LogP contribution in [-0.2, 0) is 13.0 Å². The van der Waals surface area contributed by atoms with Gasteiger partial charge in [-0.15, -0.1) is 24.0 Å². The lowest BCUT2D eigenvalue weighted by atomic mass is 10.1. The summed E-state index contributed by atoms with van der Waals surface area (Å²) in [6, 6.07) is 13.7. The fraction of sp³-hybridized carbons (Fsp3) is 0.350. The Bertz CT molecular complexity index is 720. The molecule has 0 aliphatic heterocycles. The van der Waals surface area contributed by atoms with Crippen LogP contribution in [0.2, 0.25) is 0 Å². The van der Waals surface area contributed by atoms with Crippen LogP contribution < -0.4 is 15.4 Å². The van der Waals surface area contributed by atoms with Gasteiger partial charge in [0.1, 0.15) is 0 Å². The summed E-state index contributed by atoms with van der Waals surface area (Å²) in [5, 5.41) is 16.3. The first kappa shape index (κ1) is 22.1. The van der Waals surface area contributed by atoms with Crippen LogP contribution in [0.15, 0.2) is 47.5 Å². The Hall–Kier alpha value is -1.96. The highest BCUT2D eigenvalue weighted by atomic mass is 127. The zero-order valence-corrected chi connectivity index (χ0v) is 17.9. The summed E-state index contributed by atoms with van der Waals surface area (Å²) in [7, 11) is 1.55. The van der Waals surface area contributed by atoms with Gasteiger partial charge < -0.3 is 20.5 Å². The number of benzene rings is 2. The van der Waals surface area contributed by atoms with Crippen LogP contribution in [0.5, 0.6) is 11.5 Å². The number of aliphatic imine (C=N–C) groups is 1. The molecule has 142 valence electrons. The molecule has 0 saturated heterocycles. The molecule has 0 aromatic heterocycles. The van der Waals surface area contributed by atoms with E-state index in [1.807, 2.05) is 24.3 Å². The Balaban J connectivity index is 0.00000338. The van der Waals surface area contributed by atoms with Gasteiger partial charge >= 0.3 is 0 Å². The minimum atomic E-state index is 0. The highest BCUT2D eigenvalue weighted by Crippen LogP contribution is 2.26. The molecule has 0 heterocycles. The third kappa shape index (κ3) is 6.74. The molecule has 0 amide bonds. The molecule has 0 saturated carbocycles. The lowest BCUT2D eigenvalue weighted by molar-refractivity contribution is 0.373. The van der Waals surface area contributed by atoms with Crippen molar-refractivity contribution in [1.82, 2.24) is 10.6 Å². The van der Waals surface area contributed by atoms with Crippen molar-refractivity contribution < 1.29 is 9.84 Å². The van der Waals surface area contributed by atoms with Gasteiger partial charge in [-0.1, -0.05) is 30.3 Å². The lowest BCUT2D eigenvalue weighted by Crippen LogP contribution is -2.38. The van der Waals surface area contributed by atoms with E-state index in [1.54, 1.807) is 13.2 Å². The summed E-state index contributed by atoms with van der Waals surface area (Å²) in [6.45, 7) is 6.36. The molecule has 2 aromatic carbocycles. The number of phenols is 1. The maximum Gasteiger partial charge on any atom is 0.191 e. The van der Waals surface area contributed by atoms with Crippen LogP contribution in [0, 0.1) is 6.92 Å². The molecule has 3 N–H and O–H groups in total. The van der Waals surface area contributed by atoms with Gasteiger partial charge in [-0.2, -0.15) is 0 Å². The first-order valence-corrected chi connectivity index (χ1v) is 8.56. The molecule has 2 aromatic rings. The minimum absolute atomic E-state index is 0. The third-order valence-electron chi connectivity index (χ3n) is 3.96. The molecule has 0 unspecified atom stereocenters. The number of methoxy groups -OCH3 is 1. The van der Waals surface area contributed by atoms with Gasteiger partial charge in [-0.05, 0) is 49.1 Å². The standard InChI is InChI=1S/C20H27N3O2.HI/c1-4-21-20(23-14-17-8-6-5-7-15(17)2)22-12-11-16-9-10-18(24)19(13-16)25-3;/h5-10,13,24H,4,11-12,14H2,1-3H3,(H2,21,22,23);1H. The predicted molar refractivity (Wildman–Crippen MR) is 118 cm³/mol. The second kappa shape index (κ2) is 11.6. The van der Waals surface area contributed by atoms with Crippen LogP contribution in [0.3, 0.4) is 0 Å². The largest absolute Gasteiger partial charge is 0.504 e. The highest BCUT2D eigenvalue weighted by Gasteiger charge is 2.04. The van der Waals surface area contributed by atoms with Crippen molar-refractivity contribution in [3.05, 3.63) is 59.2 Å². The van der Waals surface area contributed by atoms with Crippen molar-refractivity contribution >= 4 is 29.9 Å². The fourth-order valence-corrected chi connectivity index (χ4v) is 2.50. The highest BCUT2D eigenvalue weighted by molar-refractivity contribution is 14.0. The Morgan fingerprint density at radius 2 is 1.92 bits per heavy atom. The number of aryl methyl sites for hydroxylation is 1. The number of phenolic OH excluding ortho intramolecular Hbond substituents is 1. The summed E-state index contributed by atoms with van der Waals surface area (Å²) in [4.78, 5) is 4.65. The molecule has 26 heavy (non-hydrogen) atoms. The van der Waals surface area contributed by atoms with Crippen LogP contribution in [0.4, 0.5) is 0 Å². The molecule has 0 aliphatic rings. The van der Waals surface area contributed by atoms with Gasteiger partial charge in [0.15, 0.2) is 17.5 Å². The number of hydrogen-bond acceptors (Lipinski definition) is 3. The molecule has 0 bridgehead atoms. The van der Waals surface area contributed by atoms with Crippen molar-refractivity contribution in [2.45, 2.75) is 26.8 Å². The maximum atomic E-state index is 9.65. The zero-order valence-electron chi connectivity index (χ0n) is 15.6. The second-order valence-corrected chi connectivity index (χ2v) is 5.80. The van der Waals surface area contributed by atoms with E-state index in [4.69, 9.17) is 4.74 Å². The molecule has 0 radical (unpaired) electrons. The second-order valence-electron chi connectivity index (χ2n) is 5.80. The predicted octanol–water partition coefficient (Wildman–Crippen LogP) is 3.63. The number of ether oxygens (including phenoxy) is 1.